The lowest BCUT2D eigenvalue weighted by Crippen LogP contribution is -2.42. The van der Waals surface area contributed by atoms with Crippen molar-refractivity contribution in [3.8, 4) is 17.1 Å². The van der Waals surface area contributed by atoms with E-state index in [-0.39, 0.29) is 5.92 Å². The highest BCUT2D eigenvalue weighted by atomic mass is 32.2. The standard InChI is InChI=1S/C20H19F2N5O2S/c1-11(2)16(18(28)24-19(23)29)30-20-26-25-17(12-3-5-13(21)6-4-12)27(20)15-9-7-14(22)8-10-15/h3-11,16H,1-2H3,(H3,23,24,28,29). The van der Waals surface area contributed by atoms with Gasteiger partial charge in [-0.2, -0.15) is 0 Å². The smallest absolute Gasteiger partial charge is 0.318 e. The second kappa shape index (κ2) is 9.04. The van der Waals surface area contributed by atoms with Crippen LogP contribution >= 0.6 is 11.8 Å². The maximum absolute atomic E-state index is 13.5. The first kappa shape index (κ1) is 21.4. The van der Waals surface area contributed by atoms with Crippen LogP contribution in [0, 0.1) is 17.6 Å². The first-order valence-corrected chi connectivity index (χ1v) is 9.88. The molecule has 3 aromatic rings. The van der Waals surface area contributed by atoms with Crippen LogP contribution in [0.15, 0.2) is 53.7 Å². The highest BCUT2D eigenvalue weighted by Gasteiger charge is 2.28. The van der Waals surface area contributed by atoms with E-state index >= 15 is 0 Å². The molecular weight excluding hydrogens is 412 g/mol. The number of rotatable bonds is 6. The number of hydrogen-bond donors (Lipinski definition) is 2. The quantitative estimate of drug-likeness (QED) is 0.582. The van der Waals surface area contributed by atoms with Crippen molar-refractivity contribution in [2.45, 2.75) is 24.3 Å². The minimum absolute atomic E-state index is 0.165. The Morgan fingerprint density at radius 2 is 1.57 bits per heavy atom. The zero-order valence-corrected chi connectivity index (χ0v) is 17.0. The number of imide groups is 1. The molecule has 3 rings (SSSR count). The molecule has 0 aliphatic carbocycles. The van der Waals surface area contributed by atoms with Crippen molar-refractivity contribution in [3.05, 3.63) is 60.2 Å². The van der Waals surface area contributed by atoms with E-state index < -0.39 is 28.8 Å². The SMILES string of the molecule is CC(C)C(Sc1nnc(-c2ccc(F)cc2)n1-c1ccc(F)cc1)C(=O)NC(N)=O. The van der Waals surface area contributed by atoms with Crippen LogP contribution < -0.4 is 11.1 Å². The monoisotopic (exact) mass is 431 g/mol. The van der Waals surface area contributed by atoms with Gasteiger partial charge >= 0.3 is 6.03 Å². The van der Waals surface area contributed by atoms with E-state index in [0.717, 1.165) is 11.8 Å². The fourth-order valence-electron chi connectivity index (χ4n) is 2.75. The predicted octanol–water partition coefficient (Wildman–Crippen LogP) is 3.52. The highest BCUT2D eigenvalue weighted by Crippen LogP contribution is 2.32. The van der Waals surface area contributed by atoms with Crippen LogP contribution in [0.4, 0.5) is 13.6 Å². The van der Waals surface area contributed by atoms with Crippen molar-refractivity contribution in [1.82, 2.24) is 20.1 Å². The van der Waals surface area contributed by atoms with Crippen LogP contribution in [0.5, 0.6) is 0 Å². The molecule has 1 atom stereocenters. The zero-order chi connectivity index (χ0) is 21.8. The average Bonchev–Trinajstić information content (AvgIpc) is 3.10. The number of aromatic nitrogens is 3. The predicted molar refractivity (Wildman–Crippen MR) is 109 cm³/mol. The third kappa shape index (κ3) is 4.82. The molecular formula is C20H19F2N5O2S. The number of benzene rings is 2. The molecule has 0 aliphatic heterocycles. The third-order valence-corrected chi connectivity index (χ3v) is 5.65. The van der Waals surface area contributed by atoms with Crippen LogP contribution in [0.3, 0.4) is 0 Å². The molecule has 0 spiro atoms. The fourth-order valence-corrected chi connectivity index (χ4v) is 3.80. The number of nitrogens with one attached hydrogen (secondary N) is 1. The lowest BCUT2D eigenvalue weighted by atomic mass is 10.1. The number of carbonyl (C=O) groups excluding carboxylic acids is 2. The van der Waals surface area contributed by atoms with Gasteiger partial charge in [-0.05, 0) is 54.4 Å². The zero-order valence-electron chi connectivity index (χ0n) is 16.2. The van der Waals surface area contributed by atoms with Gasteiger partial charge in [-0.1, -0.05) is 25.6 Å². The number of nitrogens with zero attached hydrogens (tertiary/aromatic N) is 3. The van der Waals surface area contributed by atoms with Gasteiger partial charge in [-0.15, -0.1) is 10.2 Å². The molecule has 1 aromatic heterocycles. The number of urea groups is 1. The lowest BCUT2D eigenvalue weighted by molar-refractivity contribution is -0.120. The van der Waals surface area contributed by atoms with Crippen LogP contribution in [0.2, 0.25) is 0 Å². The Morgan fingerprint density at radius 3 is 2.10 bits per heavy atom. The number of hydrogen-bond acceptors (Lipinski definition) is 5. The largest absolute Gasteiger partial charge is 0.351 e. The molecule has 2 aromatic carbocycles. The van der Waals surface area contributed by atoms with Crippen LogP contribution in [-0.4, -0.2) is 32.0 Å². The van der Waals surface area contributed by atoms with Crippen molar-refractivity contribution in [3.63, 3.8) is 0 Å². The Kier molecular flexibility index (Phi) is 6.46. The molecule has 0 aliphatic rings. The van der Waals surface area contributed by atoms with Crippen molar-refractivity contribution in [1.29, 1.82) is 0 Å². The van der Waals surface area contributed by atoms with Crippen LogP contribution in [-0.2, 0) is 4.79 Å². The van der Waals surface area contributed by atoms with Gasteiger partial charge < -0.3 is 5.73 Å². The number of amides is 3. The highest BCUT2D eigenvalue weighted by molar-refractivity contribution is 8.00. The molecule has 0 radical (unpaired) electrons. The van der Waals surface area contributed by atoms with E-state index in [0.29, 0.717) is 22.2 Å². The van der Waals surface area contributed by atoms with Gasteiger partial charge in [0.15, 0.2) is 11.0 Å². The van der Waals surface area contributed by atoms with Crippen molar-refractivity contribution in [2.75, 3.05) is 0 Å². The molecule has 3 amide bonds. The van der Waals surface area contributed by atoms with E-state index in [1.165, 1.54) is 24.3 Å². The van der Waals surface area contributed by atoms with E-state index in [1.807, 2.05) is 13.8 Å². The number of halogens is 2. The van der Waals surface area contributed by atoms with Crippen molar-refractivity contribution < 1.29 is 18.4 Å². The maximum Gasteiger partial charge on any atom is 0.318 e. The molecule has 0 fully saturated rings. The summed E-state index contributed by atoms with van der Waals surface area (Å²) in [5.41, 5.74) is 6.22. The number of carbonyl (C=O) groups is 2. The number of nitrogens with two attached hydrogens (primary N) is 1. The summed E-state index contributed by atoms with van der Waals surface area (Å²) in [6, 6.07) is 10.4. The second-order valence-electron chi connectivity index (χ2n) is 6.76. The number of primary amides is 1. The summed E-state index contributed by atoms with van der Waals surface area (Å²) in [5, 5.41) is 10.1. The van der Waals surface area contributed by atoms with Gasteiger partial charge in [0.05, 0.1) is 5.25 Å². The average molecular weight is 431 g/mol. The van der Waals surface area contributed by atoms with Crippen LogP contribution in [0.25, 0.3) is 17.1 Å². The van der Waals surface area contributed by atoms with E-state index in [1.54, 1.807) is 28.8 Å². The topological polar surface area (TPSA) is 103 Å². The Balaban J connectivity index is 2.07. The summed E-state index contributed by atoms with van der Waals surface area (Å²) in [6.45, 7) is 3.63. The normalized spacial score (nSPS) is 12.0. The Labute approximate surface area is 175 Å². The first-order chi connectivity index (χ1) is 14.3. The minimum atomic E-state index is -0.946. The maximum atomic E-state index is 13.5. The summed E-state index contributed by atoms with van der Waals surface area (Å²) in [5.74, 6) is -1.14. The van der Waals surface area contributed by atoms with Gasteiger partial charge in [0.25, 0.3) is 0 Å². The summed E-state index contributed by atoms with van der Waals surface area (Å²) >= 11 is 1.09. The number of thioether (sulfide) groups is 1. The van der Waals surface area contributed by atoms with E-state index in [9.17, 15) is 18.4 Å². The van der Waals surface area contributed by atoms with E-state index in [2.05, 4.69) is 15.5 Å². The summed E-state index contributed by atoms with van der Waals surface area (Å²) in [4.78, 5) is 23.5. The molecule has 1 unspecified atom stereocenters. The lowest BCUT2D eigenvalue weighted by Gasteiger charge is -2.19. The van der Waals surface area contributed by atoms with Crippen molar-refractivity contribution in [2.24, 2.45) is 11.7 Å². The third-order valence-electron chi connectivity index (χ3n) is 4.16. The molecule has 30 heavy (non-hydrogen) atoms. The first-order valence-electron chi connectivity index (χ1n) is 9.00. The molecule has 3 N–H and O–H groups in total. The van der Waals surface area contributed by atoms with Gasteiger partial charge in [0, 0.05) is 11.3 Å². The molecule has 1 heterocycles. The molecule has 0 saturated heterocycles. The fraction of sp³-hybridized carbons (Fsp3) is 0.200. The van der Waals surface area contributed by atoms with Gasteiger partial charge in [0.1, 0.15) is 11.6 Å². The Hall–Kier alpha value is -3.27. The molecule has 156 valence electrons. The summed E-state index contributed by atoms with van der Waals surface area (Å²) < 4.78 is 28.5. The van der Waals surface area contributed by atoms with E-state index in [4.69, 9.17) is 5.73 Å². The summed E-state index contributed by atoms with van der Waals surface area (Å²) in [7, 11) is 0. The molecule has 7 nitrogen and oxygen atoms in total. The molecule has 0 bridgehead atoms. The van der Waals surface area contributed by atoms with Crippen molar-refractivity contribution >= 4 is 23.7 Å². The second-order valence-corrected chi connectivity index (χ2v) is 7.87. The summed E-state index contributed by atoms with van der Waals surface area (Å²) in [6.07, 6.45) is 0. The van der Waals surface area contributed by atoms with Crippen LogP contribution in [0.1, 0.15) is 13.8 Å². The Bertz CT molecular complexity index is 1050. The van der Waals surface area contributed by atoms with Gasteiger partial charge in [0.2, 0.25) is 5.91 Å². The van der Waals surface area contributed by atoms with Gasteiger partial charge in [-0.25, -0.2) is 13.6 Å². The van der Waals surface area contributed by atoms with Gasteiger partial charge in [-0.3, -0.25) is 14.7 Å². The molecule has 10 heteroatoms. The minimum Gasteiger partial charge on any atom is -0.351 e. The molecule has 0 saturated carbocycles. The Morgan fingerprint density at radius 1 is 1.00 bits per heavy atom.